The van der Waals surface area contributed by atoms with Gasteiger partial charge in [-0.25, -0.2) is 9.97 Å². The third-order valence-corrected chi connectivity index (χ3v) is 4.48. The molecule has 0 unspecified atom stereocenters. The van der Waals surface area contributed by atoms with E-state index in [4.69, 9.17) is 8.94 Å². The maximum atomic E-state index is 12.7. The average molecular weight is 373 g/mol. The van der Waals surface area contributed by atoms with Crippen molar-refractivity contribution in [2.24, 2.45) is 0 Å². The van der Waals surface area contributed by atoms with Gasteiger partial charge in [0.05, 0.1) is 5.75 Å². The normalized spacial score (nSPS) is 10.8. The lowest BCUT2D eigenvalue weighted by atomic mass is 10.3. The summed E-state index contributed by atoms with van der Waals surface area (Å²) in [5, 5.41) is 4.51. The molecule has 0 spiro atoms. The Labute approximate surface area is 155 Å². The predicted octanol–water partition coefficient (Wildman–Crippen LogP) is 2.97. The van der Waals surface area contributed by atoms with E-state index in [9.17, 15) is 4.79 Å². The van der Waals surface area contributed by atoms with Gasteiger partial charge in [0.25, 0.3) is 5.91 Å². The van der Waals surface area contributed by atoms with Crippen molar-refractivity contribution in [1.29, 1.82) is 0 Å². The third-order valence-electron chi connectivity index (χ3n) is 3.58. The molecule has 1 amide bonds. The lowest BCUT2D eigenvalue weighted by Crippen LogP contribution is -2.30. The zero-order chi connectivity index (χ0) is 18.4. The molecule has 0 N–H and O–H groups in total. The molecule has 0 saturated carbocycles. The van der Waals surface area contributed by atoms with Crippen molar-refractivity contribution in [3.05, 3.63) is 53.8 Å². The molecule has 0 aliphatic carbocycles. The fourth-order valence-electron chi connectivity index (χ4n) is 2.21. The van der Waals surface area contributed by atoms with Crippen molar-refractivity contribution in [3.63, 3.8) is 0 Å². The van der Waals surface area contributed by atoms with E-state index in [-0.39, 0.29) is 18.2 Å². The summed E-state index contributed by atoms with van der Waals surface area (Å²) in [6.07, 6.45) is 4.06. The van der Waals surface area contributed by atoms with Crippen molar-refractivity contribution in [2.45, 2.75) is 37.7 Å². The van der Waals surface area contributed by atoms with Gasteiger partial charge in [0.15, 0.2) is 16.7 Å². The monoisotopic (exact) mass is 373 g/mol. The molecule has 8 nitrogen and oxygen atoms in total. The van der Waals surface area contributed by atoms with Gasteiger partial charge in [-0.05, 0) is 25.1 Å². The van der Waals surface area contributed by atoms with Gasteiger partial charge in [-0.2, -0.15) is 4.98 Å². The van der Waals surface area contributed by atoms with E-state index >= 15 is 0 Å². The molecule has 3 rings (SSSR count). The second kappa shape index (κ2) is 8.61. The van der Waals surface area contributed by atoms with Gasteiger partial charge in [0, 0.05) is 25.4 Å². The number of aromatic nitrogens is 4. The number of hydrogen-bond donors (Lipinski definition) is 0. The van der Waals surface area contributed by atoms with Crippen LogP contribution in [-0.2, 0) is 18.7 Å². The minimum Gasteiger partial charge on any atom is -0.455 e. The second-order valence-electron chi connectivity index (χ2n) is 5.36. The molecule has 0 aliphatic heterocycles. The summed E-state index contributed by atoms with van der Waals surface area (Å²) in [4.78, 5) is 26.8. The molecule has 26 heavy (non-hydrogen) atoms. The Morgan fingerprint density at radius 2 is 2.04 bits per heavy atom. The number of aryl methyl sites for hydroxylation is 1. The molecule has 3 aromatic heterocycles. The Balaban J connectivity index is 1.61. The molecular weight excluding hydrogens is 354 g/mol. The van der Waals surface area contributed by atoms with E-state index in [2.05, 4.69) is 20.1 Å². The van der Waals surface area contributed by atoms with Crippen molar-refractivity contribution >= 4 is 17.7 Å². The summed E-state index contributed by atoms with van der Waals surface area (Å²) < 4.78 is 10.8. The van der Waals surface area contributed by atoms with Crippen molar-refractivity contribution in [1.82, 2.24) is 25.0 Å². The molecule has 9 heteroatoms. The average Bonchev–Trinajstić information content (AvgIpc) is 3.34. The molecule has 136 valence electrons. The first-order valence-corrected chi connectivity index (χ1v) is 9.27. The summed E-state index contributed by atoms with van der Waals surface area (Å²) >= 11 is 1.45. The van der Waals surface area contributed by atoms with Crippen LogP contribution in [0.2, 0.25) is 0 Å². The number of furan rings is 1. The van der Waals surface area contributed by atoms with Gasteiger partial charge in [0.1, 0.15) is 12.3 Å². The van der Waals surface area contributed by atoms with E-state index in [0.29, 0.717) is 41.4 Å². The molecule has 0 aliphatic rings. The summed E-state index contributed by atoms with van der Waals surface area (Å²) in [6.45, 7) is 4.60. The van der Waals surface area contributed by atoms with Gasteiger partial charge in [-0.1, -0.05) is 23.8 Å². The Kier molecular flexibility index (Phi) is 6.00. The van der Waals surface area contributed by atoms with Crippen LogP contribution in [0.5, 0.6) is 0 Å². The highest BCUT2D eigenvalue weighted by atomic mass is 32.2. The molecule has 0 aromatic carbocycles. The van der Waals surface area contributed by atoms with E-state index < -0.39 is 0 Å². The van der Waals surface area contributed by atoms with Crippen LogP contribution in [0.15, 0.2) is 44.7 Å². The standard InChI is InChI=1S/C17H19N5O3S/c1-3-14-20-15(25-21-14)10-22(4-2)16(23)13-7-6-12(24-13)11-26-17-18-8-5-9-19-17/h5-9H,3-4,10-11H2,1-2H3. The lowest BCUT2D eigenvalue weighted by Gasteiger charge is -2.17. The zero-order valence-electron chi connectivity index (χ0n) is 14.6. The Morgan fingerprint density at radius 3 is 2.73 bits per heavy atom. The van der Waals surface area contributed by atoms with Crippen LogP contribution in [0.25, 0.3) is 0 Å². The highest BCUT2D eigenvalue weighted by molar-refractivity contribution is 7.98. The van der Waals surface area contributed by atoms with Gasteiger partial charge < -0.3 is 13.8 Å². The highest BCUT2D eigenvalue weighted by Crippen LogP contribution is 2.21. The van der Waals surface area contributed by atoms with Crippen LogP contribution >= 0.6 is 11.8 Å². The summed E-state index contributed by atoms with van der Waals surface area (Å²) in [5.41, 5.74) is 0. The fourth-order valence-corrected chi connectivity index (χ4v) is 2.91. The second-order valence-corrected chi connectivity index (χ2v) is 6.31. The summed E-state index contributed by atoms with van der Waals surface area (Å²) in [5.74, 6) is 2.35. The zero-order valence-corrected chi connectivity index (χ0v) is 15.4. The molecule has 0 fully saturated rings. The first-order valence-electron chi connectivity index (χ1n) is 8.28. The van der Waals surface area contributed by atoms with Crippen LogP contribution in [-0.4, -0.2) is 37.5 Å². The summed E-state index contributed by atoms with van der Waals surface area (Å²) in [6, 6.07) is 5.23. The molecule has 0 saturated heterocycles. The van der Waals surface area contributed by atoms with E-state index in [1.54, 1.807) is 35.5 Å². The van der Waals surface area contributed by atoms with Crippen LogP contribution in [0.4, 0.5) is 0 Å². The van der Waals surface area contributed by atoms with E-state index in [0.717, 1.165) is 0 Å². The van der Waals surface area contributed by atoms with Crippen LogP contribution in [0.3, 0.4) is 0 Å². The fraction of sp³-hybridized carbons (Fsp3) is 0.353. The van der Waals surface area contributed by atoms with Gasteiger partial charge in [-0.15, -0.1) is 0 Å². The number of nitrogens with zero attached hydrogens (tertiary/aromatic N) is 5. The Bertz CT molecular complexity index is 849. The predicted molar refractivity (Wildman–Crippen MR) is 94.4 cm³/mol. The van der Waals surface area contributed by atoms with Crippen LogP contribution in [0.1, 0.15) is 41.9 Å². The molecule has 3 aromatic rings. The number of thioether (sulfide) groups is 1. The molecule has 0 radical (unpaired) electrons. The van der Waals surface area contributed by atoms with E-state index in [1.807, 2.05) is 13.8 Å². The maximum Gasteiger partial charge on any atom is 0.290 e. The Morgan fingerprint density at radius 1 is 1.23 bits per heavy atom. The molecule has 0 bridgehead atoms. The largest absolute Gasteiger partial charge is 0.455 e. The quantitative estimate of drug-likeness (QED) is 0.439. The minimum atomic E-state index is -0.212. The smallest absolute Gasteiger partial charge is 0.290 e. The Hall–Kier alpha value is -2.68. The number of carbonyl (C=O) groups is 1. The number of hydrogen-bond acceptors (Lipinski definition) is 8. The summed E-state index contributed by atoms with van der Waals surface area (Å²) in [7, 11) is 0. The van der Waals surface area contributed by atoms with Crippen molar-refractivity contribution in [3.8, 4) is 0 Å². The van der Waals surface area contributed by atoms with Gasteiger partial charge >= 0.3 is 0 Å². The highest BCUT2D eigenvalue weighted by Gasteiger charge is 2.20. The minimum absolute atomic E-state index is 0.212. The van der Waals surface area contributed by atoms with Crippen LogP contribution < -0.4 is 0 Å². The maximum absolute atomic E-state index is 12.7. The number of amides is 1. The van der Waals surface area contributed by atoms with Crippen molar-refractivity contribution in [2.75, 3.05) is 6.54 Å². The number of rotatable bonds is 8. The lowest BCUT2D eigenvalue weighted by molar-refractivity contribution is 0.0701. The molecular formula is C17H19N5O3S. The van der Waals surface area contributed by atoms with Gasteiger partial charge in [-0.3, -0.25) is 4.79 Å². The molecule has 3 heterocycles. The topological polar surface area (TPSA) is 98.2 Å². The first kappa shape index (κ1) is 18.1. The van der Waals surface area contributed by atoms with Gasteiger partial charge in [0.2, 0.25) is 5.89 Å². The van der Waals surface area contributed by atoms with Crippen LogP contribution in [0, 0.1) is 0 Å². The number of carbonyl (C=O) groups excluding carboxylic acids is 1. The third kappa shape index (κ3) is 4.48. The molecule has 0 atom stereocenters. The SMILES string of the molecule is CCc1noc(CN(CC)C(=O)c2ccc(CSc3ncccn3)o2)n1. The first-order chi connectivity index (χ1) is 12.7. The van der Waals surface area contributed by atoms with E-state index in [1.165, 1.54) is 11.8 Å². The van der Waals surface area contributed by atoms with Crippen molar-refractivity contribution < 1.29 is 13.7 Å².